The van der Waals surface area contributed by atoms with Crippen molar-refractivity contribution in [3.63, 3.8) is 0 Å². The lowest BCUT2D eigenvalue weighted by atomic mass is 9.73. The summed E-state index contributed by atoms with van der Waals surface area (Å²) in [6, 6.07) is 8.30. The van der Waals surface area contributed by atoms with Gasteiger partial charge in [-0.2, -0.15) is 0 Å². The van der Waals surface area contributed by atoms with E-state index < -0.39 is 5.60 Å². The molecule has 0 radical (unpaired) electrons. The van der Waals surface area contributed by atoms with Crippen molar-refractivity contribution in [2.75, 3.05) is 39.9 Å². The van der Waals surface area contributed by atoms with E-state index in [0.717, 1.165) is 55.9 Å². The second-order valence-corrected chi connectivity index (χ2v) is 9.30. The second-order valence-electron chi connectivity index (χ2n) is 9.30. The van der Waals surface area contributed by atoms with E-state index in [9.17, 15) is 0 Å². The molecule has 4 nitrogen and oxygen atoms in total. The van der Waals surface area contributed by atoms with E-state index in [1.54, 1.807) is 0 Å². The standard InChI is InChI=1S/C23H32NO3/c1-22(2)19-10-12-23(3,11-7-13-24(4)14-16-25-17-15-24)27-21(19)18-8-5-6-9-20(18)26-22/h5-6,8-9,19,21H,10,12-17H2,1-4H3/q+1/t19-,21-,23+/m1/s1. The van der Waals surface area contributed by atoms with Gasteiger partial charge >= 0.3 is 0 Å². The van der Waals surface area contributed by atoms with Crippen LogP contribution in [0.25, 0.3) is 0 Å². The largest absolute Gasteiger partial charge is 0.487 e. The van der Waals surface area contributed by atoms with Gasteiger partial charge in [-0.3, -0.25) is 0 Å². The Bertz CT molecular complexity index is 756. The van der Waals surface area contributed by atoms with E-state index in [4.69, 9.17) is 14.2 Å². The number of ether oxygens (including phenoxy) is 3. The molecule has 3 aliphatic heterocycles. The smallest absolute Gasteiger partial charge is 0.140 e. The fraction of sp³-hybridized carbons (Fsp3) is 0.652. The van der Waals surface area contributed by atoms with Crippen molar-refractivity contribution in [2.24, 2.45) is 5.92 Å². The van der Waals surface area contributed by atoms with Gasteiger partial charge in [-0.25, -0.2) is 0 Å². The molecule has 0 N–H and O–H groups in total. The first-order valence-electron chi connectivity index (χ1n) is 10.2. The van der Waals surface area contributed by atoms with Gasteiger partial charge in [0.05, 0.1) is 26.4 Å². The molecule has 0 aliphatic carbocycles. The summed E-state index contributed by atoms with van der Waals surface area (Å²) in [6.07, 6.45) is 2.06. The molecule has 3 heterocycles. The van der Waals surface area contributed by atoms with E-state index in [-0.39, 0.29) is 11.7 Å². The van der Waals surface area contributed by atoms with Gasteiger partial charge in [0.2, 0.25) is 0 Å². The Balaban J connectivity index is 1.54. The van der Waals surface area contributed by atoms with Crippen LogP contribution in [0.2, 0.25) is 0 Å². The Hall–Kier alpha value is -1.54. The number of likely N-dealkylation sites (N-methyl/N-ethyl adjacent to an activating group) is 1. The van der Waals surface area contributed by atoms with Gasteiger partial charge in [0, 0.05) is 11.5 Å². The molecule has 3 aliphatic rings. The summed E-state index contributed by atoms with van der Waals surface area (Å²) in [4.78, 5) is 0. The molecule has 27 heavy (non-hydrogen) atoms. The summed E-state index contributed by atoms with van der Waals surface area (Å²) in [6.45, 7) is 11.1. The van der Waals surface area contributed by atoms with Gasteiger partial charge in [0.25, 0.3) is 0 Å². The first kappa shape index (κ1) is 18.8. The molecule has 0 amide bonds. The predicted molar refractivity (Wildman–Crippen MR) is 105 cm³/mol. The second kappa shape index (κ2) is 6.81. The molecule has 1 aromatic carbocycles. The van der Waals surface area contributed by atoms with Gasteiger partial charge in [-0.1, -0.05) is 24.1 Å². The number of morpholine rings is 1. The van der Waals surface area contributed by atoms with Gasteiger partial charge in [0.1, 0.15) is 36.6 Å². The highest BCUT2D eigenvalue weighted by Gasteiger charge is 2.50. The minimum absolute atomic E-state index is 0.0474. The molecule has 2 fully saturated rings. The average molecular weight is 371 g/mol. The minimum Gasteiger partial charge on any atom is -0.487 e. The zero-order valence-electron chi connectivity index (χ0n) is 17.1. The van der Waals surface area contributed by atoms with E-state index in [1.165, 1.54) is 5.56 Å². The lowest BCUT2D eigenvalue weighted by molar-refractivity contribution is -0.910. The van der Waals surface area contributed by atoms with E-state index >= 15 is 0 Å². The third-order valence-electron chi connectivity index (χ3n) is 6.54. The molecule has 0 bridgehead atoms. The summed E-state index contributed by atoms with van der Waals surface area (Å²) in [5.74, 6) is 8.25. The first-order valence-corrected chi connectivity index (χ1v) is 10.2. The lowest BCUT2D eigenvalue weighted by Gasteiger charge is -2.50. The molecular weight excluding hydrogens is 338 g/mol. The van der Waals surface area contributed by atoms with Crippen molar-refractivity contribution in [2.45, 2.75) is 50.9 Å². The summed E-state index contributed by atoms with van der Waals surface area (Å²) in [5, 5.41) is 0. The predicted octanol–water partition coefficient (Wildman–Crippen LogP) is 3.56. The highest BCUT2D eigenvalue weighted by atomic mass is 16.5. The topological polar surface area (TPSA) is 27.7 Å². The Morgan fingerprint density at radius 3 is 2.67 bits per heavy atom. The molecule has 0 spiro atoms. The number of hydrogen-bond acceptors (Lipinski definition) is 3. The van der Waals surface area contributed by atoms with Crippen LogP contribution in [0.15, 0.2) is 24.3 Å². The number of quaternary nitrogens is 1. The van der Waals surface area contributed by atoms with E-state index in [1.807, 2.05) is 6.07 Å². The van der Waals surface area contributed by atoms with E-state index in [2.05, 4.69) is 57.9 Å². The monoisotopic (exact) mass is 370 g/mol. The maximum absolute atomic E-state index is 6.68. The third-order valence-corrected chi connectivity index (χ3v) is 6.54. The maximum Gasteiger partial charge on any atom is 0.140 e. The molecule has 3 atom stereocenters. The Kier molecular flexibility index (Phi) is 4.74. The zero-order valence-corrected chi connectivity index (χ0v) is 17.1. The van der Waals surface area contributed by atoms with Crippen LogP contribution in [0, 0.1) is 17.8 Å². The number of benzene rings is 1. The Morgan fingerprint density at radius 2 is 1.89 bits per heavy atom. The van der Waals surface area contributed by atoms with Crippen molar-refractivity contribution < 1.29 is 18.7 Å². The summed E-state index contributed by atoms with van der Waals surface area (Å²) in [5.41, 5.74) is 0.551. The number of nitrogens with zero attached hydrogens (tertiary/aromatic N) is 1. The third kappa shape index (κ3) is 3.74. The van der Waals surface area contributed by atoms with Crippen molar-refractivity contribution in [1.82, 2.24) is 0 Å². The molecule has 1 aromatic rings. The molecule has 2 saturated heterocycles. The van der Waals surface area contributed by atoms with Crippen LogP contribution < -0.4 is 4.74 Å². The average Bonchev–Trinajstić information content (AvgIpc) is 2.61. The normalized spacial score (nSPS) is 33.6. The quantitative estimate of drug-likeness (QED) is 0.559. The fourth-order valence-electron chi connectivity index (χ4n) is 4.61. The van der Waals surface area contributed by atoms with Gasteiger partial charge in [-0.15, -0.1) is 0 Å². The first-order chi connectivity index (χ1) is 12.8. The molecule has 0 saturated carbocycles. The number of rotatable bonds is 1. The van der Waals surface area contributed by atoms with Crippen LogP contribution >= 0.6 is 0 Å². The van der Waals surface area contributed by atoms with E-state index in [0.29, 0.717) is 5.92 Å². The van der Waals surface area contributed by atoms with Crippen LogP contribution in [0.5, 0.6) is 5.75 Å². The van der Waals surface area contributed by atoms with Crippen molar-refractivity contribution in [3.8, 4) is 17.6 Å². The van der Waals surface area contributed by atoms with Crippen LogP contribution in [0.1, 0.15) is 45.3 Å². The van der Waals surface area contributed by atoms with Gasteiger partial charge in [0.15, 0.2) is 0 Å². The lowest BCUT2D eigenvalue weighted by Crippen LogP contribution is -2.52. The number of hydrogen-bond donors (Lipinski definition) is 0. The van der Waals surface area contributed by atoms with Crippen molar-refractivity contribution in [1.29, 1.82) is 0 Å². The highest BCUT2D eigenvalue weighted by molar-refractivity contribution is 5.39. The van der Waals surface area contributed by atoms with Crippen LogP contribution in [0.4, 0.5) is 0 Å². The van der Waals surface area contributed by atoms with Gasteiger partial charge in [-0.05, 0) is 45.6 Å². The summed E-state index contributed by atoms with van der Waals surface area (Å²) >= 11 is 0. The molecule has 4 heteroatoms. The Labute approximate surface area is 163 Å². The molecule has 0 unspecified atom stereocenters. The summed E-state index contributed by atoms with van der Waals surface area (Å²) in [7, 11) is 2.27. The summed E-state index contributed by atoms with van der Waals surface area (Å²) < 4.78 is 19.4. The van der Waals surface area contributed by atoms with Crippen molar-refractivity contribution >= 4 is 0 Å². The number of para-hydroxylation sites is 1. The fourth-order valence-corrected chi connectivity index (χ4v) is 4.61. The molecular formula is C23H32NO3+. The van der Waals surface area contributed by atoms with Crippen LogP contribution in [0.3, 0.4) is 0 Å². The van der Waals surface area contributed by atoms with Crippen molar-refractivity contribution in [3.05, 3.63) is 29.8 Å². The molecule has 146 valence electrons. The Morgan fingerprint density at radius 1 is 1.15 bits per heavy atom. The van der Waals surface area contributed by atoms with Crippen LogP contribution in [-0.2, 0) is 9.47 Å². The minimum atomic E-state index is -0.396. The molecule has 4 rings (SSSR count). The van der Waals surface area contributed by atoms with Gasteiger partial charge < -0.3 is 18.7 Å². The number of fused-ring (bicyclic) bond motifs is 3. The SMILES string of the molecule is CC1(C)Oc2ccccc2[C@H]2O[C@@](C)(C#CC[N+]3(C)CCOCC3)CC[C@H]21. The maximum atomic E-state index is 6.68. The zero-order chi connectivity index (χ0) is 19.1. The van der Waals surface area contributed by atoms with Crippen LogP contribution in [-0.4, -0.2) is 55.6 Å². The molecule has 0 aromatic heterocycles. The highest BCUT2D eigenvalue weighted by Crippen LogP contribution is 2.52.